The maximum atomic E-state index is 13.1. The van der Waals surface area contributed by atoms with Crippen molar-refractivity contribution in [2.45, 2.75) is 38.3 Å². The Labute approximate surface area is 186 Å². The second-order valence-corrected chi connectivity index (χ2v) is 9.54. The quantitative estimate of drug-likeness (QED) is 0.679. The highest BCUT2D eigenvalue weighted by molar-refractivity contribution is 7.13. The third-order valence-corrected chi connectivity index (χ3v) is 7.32. The summed E-state index contributed by atoms with van der Waals surface area (Å²) in [6, 6.07) is 10.1. The smallest absolute Gasteiger partial charge is 0.229 e. The first-order valence-corrected chi connectivity index (χ1v) is 11.7. The van der Waals surface area contributed by atoms with E-state index in [-0.39, 0.29) is 12.3 Å². The molecule has 5 rings (SSSR count). The van der Waals surface area contributed by atoms with E-state index in [0.29, 0.717) is 30.4 Å². The number of anilines is 1. The fourth-order valence-electron chi connectivity index (χ4n) is 4.49. The van der Waals surface area contributed by atoms with Crippen molar-refractivity contribution < 1.29 is 4.79 Å². The minimum atomic E-state index is 0.0429. The van der Waals surface area contributed by atoms with Crippen molar-refractivity contribution in [3.05, 3.63) is 64.4 Å². The van der Waals surface area contributed by atoms with Gasteiger partial charge in [-0.1, -0.05) is 12.1 Å². The summed E-state index contributed by atoms with van der Waals surface area (Å²) in [6.07, 6.45) is 4.57. The lowest BCUT2D eigenvalue weighted by Gasteiger charge is -2.29. The molecule has 0 saturated carbocycles. The van der Waals surface area contributed by atoms with Crippen LogP contribution in [0.5, 0.6) is 0 Å². The Bertz CT molecular complexity index is 1090. The number of piperidine rings is 1. The second kappa shape index (κ2) is 8.40. The van der Waals surface area contributed by atoms with Crippen LogP contribution in [0.15, 0.2) is 41.9 Å². The summed E-state index contributed by atoms with van der Waals surface area (Å²) in [5, 5.41) is 2.02. The first-order chi connectivity index (χ1) is 15.1. The third-order valence-electron chi connectivity index (χ3n) is 6.43. The Morgan fingerprint density at radius 2 is 2.06 bits per heavy atom. The van der Waals surface area contributed by atoms with Crippen LogP contribution >= 0.6 is 11.3 Å². The minimum Gasteiger partial charge on any atom is -0.397 e. The molecule has 1 fully saturated rings. The summed E-state index contributed by atoms with van der Waals surface area (Å²) in [4.78, 5) is 27.8. The number of amides is 1. The zero-order chi connectivity index (χ0) is 21.4. The van der Waals surface area contributed by atoms with Crippen molar-refractivity contribution in [3.63, 3.8) is 0 Å². The van der Waals surface area contributed by atoms with Crippen LogP contribution in [0.4, 0.5) is 5.69 Å². The number of rotatable bonds is 4. The van der Waals surface area contributed by atoms with Gasteiger partial charge < -0.3 is 15.5 Å². The highest BCUT2D eigenvalue weighted by atomic mass is 32.1. The van der Waals surface area contributed by atoms with Gasteiger partial charge >= 0.3 is 0 Å². The summed E-state index contributed by atoms with van der Waals surface area (Å²) in [6.45, 7) is 3.44. The normalized spacial score (nSPS) is 17.1. The molecule has 3 aromatic heterocycles. The number of carbonyl (C=O) groups excluding carboxylic acids is 1. The van der Waals surface area contributed by atoms with E-state index in [4.69, 9.17) is 10.7 Å². The molecular formula is C24H27N5OS. The maximum absolute atomic E-state index is 13.1. The topological polar surface area (TPSA) is 75.4 Å². The standard InChI is InChI=1S/C24H27N5OS/c1-28-8-6-16(7-9-28)17-11-18-14-29(15-22(18)26-13-17)24(30)12-21-19(25)4-5-20(27-21)23-3-2-10-31-23/h2-5,10-11,13,16H,6-9,12,14-15,25H2,1H3. The van der Waals surface area contributed by atoms with Crippen molar-refractivity contribution >= 4 is 22.9 Å². The van der Waals surface area contributed by atoms with Crippen molar-refractivity contribution in [1.82, 2.24) is 19.8 Å². The van der Waals surface area contributed by atoms with E-state index >= 15 is 0 Å². The molecule has 160 valence electrons. The molecule has 0 atom stereocenters. The molecule has 1 saturated heterocycles. The number of pyridine rings is 2. The lowest BCUT2D eigenvalue weighted by Crippen LogP contribution is -2.29. The van der Waals surface area contributed by atoms with Gasteiger partial charge in [0.15, 0.2) is 0 Å². The summed E-state index contributed by atoms with van der Waals surface area (Å²) >= 11 is 1.63. The van der Waals surface area contributed by atoms with Gasteiger partial charge in [-0.25, -0.2) is 4.98 Å². The van der Waals surface area contributed by atoms with Crippen LogP contribution in [0.1, 0.15) is 41.3 Å². The van der Waals surface area contributed by atoms with Gasteiger partial charge in [0.1, 0.15) is 0 Å². The highest BCUT2D eigenvalue weighted by Crippen LogP contribution is 2.31. The van der Waals surface area contributed by atoms with E-state index in [1.807, 2.05) is 40.7 Å². The van der Waals surface area contributed by atoms with Gasteiger partial charge in [0.05, 0.1) is 40.6 Å². The zero-order valence-corrected chi connectivity index (χ0v) is 18.6. The van der Waals surface area contributed by atoms with E-state index in [9.17, 15) is 4.79 Å². The van der Waals surface area contributed by atoms with E-state index in [1.165, 1.54) is 24.0 Å². The Hall–Kier alpha value is -2.77. The number of nitrogens with zero attached hydrogens (tertiary/aromatic N) is 4. The van der Waals surface area contributed by atoms with Gasteiger partial charge in [-0.3, -0.25) is 9.78 Å². The van der Waals surface area contributed by atoms with Gasteiger partial charge in [-0.05, 0) is 73.6 Å². The lowest BCUT2D eigenvalue weighted by atomic mass is 9.90. The van der Waals surface area contributed by atoms with Crippen LogP contribution in [0, 0.1) is 0 Å². The number of hydrogen-bond acceptors (Lipinski definition) is 6. The minimum absolute atomic E-state index is 0.0429. The summed E-state index contributed by atoms with van der Waals surface area (Å²) in [5.74, 6) is 0.615. The van der Waals surface area contributed by atoms with Crippen molar-refractivity contribution in [1.29, 1.82) is 0 Å². The largest absolute Gasteiger partial charge is 0.397 e. The van der Waals surface area contributed by atoms with Gasteiger partial charge in [0.25, 0.3) is 0 Å². The number of likely N-dealkylation sites (tertiary alicyclic amines) is 1. The van der Waals surface area contributed by atoms with E-state index < -0.39 is 0 Å². The number of hydrogen-bond donors (Lipinski definition) is 1. The summed E-state index contributed by atoms with van der Waals surface area (Å²) in [5.41, 5.74) is 11.7. The zero-order valence-electron chi connectivity index (χ0n) is 17.8. The average molecular weight is 434 g/mol. The number of nitrogen functional groups attached to an aromatic ring is 1. The van der Waals surface area contributed by atoms with Crippen LogP contribution in [-0.4, -0.2) is 45.8 Å². The number of aromatic nitrogens is 2. The average Bonchev–Trinajstić information content (AvgIpc) is 3.45. The monoisotopic (exact) mass is 433 g/mol. The Morgan fingerprint density at radius 3 is 2.84 bits per heavy atom. The molecule has 2 N–H and O–H groups in total. The maximum Gasteiger partial charge on any atom is 0.229 e. The lowest BCUT2D eigenvalue weighted by molar-refractivity contribution is -0.131. The first kappa shape index (κ1) is 20.2. The van der Waals surface area contributed by atoms with Crippen molar-refractivity contribution in [3.8, 4) is 10.6 Å². The predicted octanol–water partition coefficient (Wildman–Crippen LogP) is 3.68. The molecule has 31 heavy (non-hydrogen) atoms. The van der Waals surface area contributed by atoms with Gasteiger partial charge in [0.2, 0.25) is 5.91 Å². The van der Waals surface area contributed by atoms with Crippen molar-refractivity contribution in [2.75, 3.05) is 25.9 Å². The first-order valence-electron chi connectivity index (χ1n) is 10.8. The van der Waals surface area contributed by atoms with Crippen LogP contribution in [0.2, 0.25) is 0 Å². The molecule has 2 aliphatic heterocycles. The molecule has 7 heteroatoms. The van der Waals surface area contributed by atoms with Crippen LogP contribution in [0.25, 0.3) is 10.6 Å². The number of fused-ring (bicyclic) bond motifs is 1. The molecule has 1 amide bonds. The molecule has 5 heterocycles. The van der Waals surface area contributed by atoms with Gasteiger partial charge in [0, 0.05) is 12.7 Å². The SMILES string of the molecule is CN1CCC(c2cnc3c(c2)CN(C(=O)Cc2nc(-c4cccs4)ccc2N)C3)CC1. The van der Waals surface area contributed by atoms with E-state index in [1.54, 1.807) is 11.3 Å². The Morgan fingerprint density at radius 1 is 1.23 bits per heavy atom. The number of thiophene rings is 1. The van der Waals surface area contributed by atoms with Crippen LogP contribution in [0.3, 0.4) is 0 Å². The molecular weight excluding hydrogens is 406 g/mol. The fraction of sp³-hybridized carbons (Fsp3) is 0.375. The molecule has 0 bridgehead atoms. The van der Waals surface area contributed by atoms with Crippen LogP contribution in [-0.2, 0) is 24.3 Å². The third kappa shape index (κ3) is 4.20. The Balaban J connectivity index is 1.28. The van der Waals surface area contributed by atoms with E-state index in [0.717, 1.165) is 29.4 Å². The molecule has 2 aliphatic rings. The fourth-order valence-corrected chi connectivity index (χ4v) is 5.19. The molecule has 6 nitrogen and oxygen atoms in total. The Kier molecular flexibility index (Phi) is 5.46. The molecule has 3 aromatic rings. The van der Waals surface area contributed by atoms with Gasteiger partial charge in [-0.15, -0.1) is 11.3 Å². The predicted molar refractivity (Wildman–Crippen MR) is 124 cm³/mol. The molecule has 0 spiro atoms. The molecule has 0 unspecified atom stereocenters. The van der Waals surface area contributed by atoms with Gasteiger partial charge in [-0.2, -0.15) is 0 Å². The van der Waals surface area contributed by atoms with Crippen molar-refractivity contribution in [2.24, 2.45) is 0 Å². The highest BCUT2D eigenvalue weighted by Gasteiger charge is 2.27. The van der Waals surface area contributed by atoms with Crippen LogP contribution < -0.4 is 5.73 Å². The number of nitrogens with two attached hydrogens (primary N) is 1. The summed E-state index contributed by atoms with van der Waals surface area (Å²) in [7, 11) is 2.18. The molecule has 0 aliphatic carbocycles. The molecule has 0 aromatic carbocycles. The van der Waals surface area contributed by atoms with E-state index in [2.05, 4.69) is 23.0 Å². The molecule has 0 radical (unpaired) electrons. The second-order valence-electron chi connectivity index (χ2n) is 8.59. The summed E-state index contributed by atoms with van der Waals surface area (Å²) < 4.78 is 0. The number of carbonyl (C=O) groups is 1.